The van der Waals surface area contributed by atoms with Crippen LogP contribution >= 0.6 is 0 Å². The molecule has 1 aromatic heterocycles. The Bertz CT molecular complexity index is 375. The highest BCUT2D eigenvalue weighted by Gasteiger charge is 2.39. The zero-order valence-corrected chi connectivity index (χ0v) is 10.3. The lowest BCUT2D eigenvalue weighted by atomic mass is 9.93. The first-order valence-electron chi connectivity index (χ1n) is 6.08. The van der Waals surface area contributed by atoms with Gasteiger partial charge in [-0.2, -0.15) is 5.10 Å². The molecule has 0 radical (unpaired) electrons. The molecule has 0 aromatic carbocycles. The topological polar surface area (TPSA) is 69.2 Å². The third-order valence-corrected chi connectivity index (χ3v) is 3.37. The first-order valence-corrected chi connectivity index (χ1v) is 6.08. The molecule has 0 aliphatic carbocycles. The summed E-state index contributed by atoms with van der Waals surface area (Å²) in [6.07, 6.45) is 3.32. The molecule has 5 heteroatoms. The van der Waals surface area contributed by atoms with Gasteiger partial charge in [0, 0.05) is 18.7 Å². The zero-order chi connectivity index (χ0) is 12.4. The number of carbonyl (C=O) groups is 1. The molecule has 94 valence electrons. The Kier molecular flexibility index (Phi) is 3.36. The van der Waals surface area contributed by atoms with E-state index in [1.54, 1.807) is 6.20 Å². The van der Waals surface area contributed by atoms with Gasteiger partial charge in [0.25, 0.3) is 0 Å². The van der Waals surface area contributed by atoms with Gasteiger partial charge in [0.2, 0.25) is 0 Å². The van der Waals surface area contributed by atoms with Crippen LogP contribution in [-0.4, -0.2) is 33.9 Å². The fourth-order valence-electron chi connectivity index (χ4n) is 2.62. The Morgan fingerprint density at radius 3 is 3.00 bits per heavy atom. The second-order valence-corrected chi connectivity index (χ2v) is 5.07. The normalized spacial score (nSPS) is 24.5. The van der Waals surface area contributed by atoms with Crippen LogP contribution in [0, 0.1) is 11.8 Å². The van der Waals surface area contributed by atoms with E-state index >= 15 is 0 Å². The fourth-order valence-corrected chi connectivity index (χ4v) is 2.62. The second-order valence-electron chi connectivity index (χ2n) is 5.07. The van der Waals surface area contributed by atoms with E-state index in [0.29, 0.717) is 12.3 Å². The van der Waals surface area contributed by atoms with Crippen LogP contribution in [0.15, 0.2) is 12.3 Å². The van der Waals surface area contributed by atoms with Crippen molar-refractivity contribution < 1.29 is 9.90 Å². The van der Waals surface area contributed by atoms with E-state index in [1.165, 1.54) is 0 Å². The minimum absolute atomic E-state index is 0.0768. The van der Waals surface area contributed by atoms with Crippen molar-refractivity contribution in [3.8, 4) is 0 Å². The quantitative estimate of drug-likeness (QED) is 0.836. The average molecular weight is 237 g/mol. The molecule has 1 aromatic rings. The number of aliphatic carboxylic acids is 1. The van der Waals surface area contributed by atoms with Crippen LogP contribution in [0.25, 0.3) is 0 Å². The zero-order valence-electron chi connectivity index (χ0n) is 10.3. The van der Waals surface area contributed by atoms with Gasteiger partial charge in [0.05, 0.1) is 12.1 Å². The summed E-state index contributed by atoms with van der Waals surface area (Å²) in [4.78, 5) is 13.4. The van der Waals surface area contributed by atoms with Crippen molar-refractivity contribution in [1.29, 1.82) is 0 Å². The van der Waals surface area contributed by atoms with Crippen molar-refractivity contribution in [1.82, 2.24) is 10.2 Å². The van der Waals surface area contributed by atoms with Crippen LogP contribution in [0.4, 0.5) is 5.82 Å². The number of nitrogens with zero attached hydrogens (tertiary/aromatic N) is 2. The lowest BCUT2D eigenvalue weighted by molar-refractivity contribution is -0.141. The van der Waals surface area contributed by atoms with E-state index in [1.807, 2.05) is 6.07 Å². The SMILES string of the molecule is CC(C)C[C@@H]1[C@@H](C(=O)O)CCN1c1ccn[nH]1. The number of H-pyrrole nitrogens is 1. The van der Waals surface area contributed by atoms with Crippen LogP contribution in [0.5, 0.6) is 0 Å². The van der Waals surface area contributed by atoms with Gasteiger partial charge in [0.1, 0.15) is 5.82 Å². The van der Waals surface area contributed by atoms with Crippen molar-refractivity contribution in [3.63, 3.8) is 0 Å². The first-order chi connectivity index (χ1) is 8.09. The van der Waals surface area contributed by atoms with Gasteiger partial charge in [-0.15, -0.1) is 0 Å². The Morgan fingerprint density at radius 2 is 2.47 bits per heavy atom. The lowest BCUT2D eigenvalue weighted by Crippen LogP contribution is -2.37. The summed E-state index contributed by atoms with van der Waals surface area (Å²) < 4.78 is 0. The van der Waals surface area contributed by atoms with Gasteiger partial charge >= 0.3 is 5.97 Å². The van der Waals surface area contributed by atoms with Crippen LogP contribution < -0.4 is 4.90 Å². The van der Waals surface area contributed by atoms with Gasteiger partial charge in [-0.25, -0.2) is 0 Å². The molecule has 0 saturated carbocycles. The summed E-state index contributed by atoms with van der Waals surface area (Å²) in [6.45, 7) is 5.04. The van der Waals surface area contributed by atoms with Crippen molar-refractivity contribution in [2.45, 2.75) is 32.7 Å². The van der Waals surface area contributed by atoms with Crippen molar-refractivity contribution in [2.75, 3.05) is 11.4 Å². The summed E-state index contributed by atoms with van der Waals surface area (Å²) in [5.41, 5.74) is 0. The maximum absolute atomic E-state index is 11.3. The summed E-state index contributed by atoms with van der Waals surface area (Å²) in [7, 11) is 0. The molecule has 1 aliphatic rings. The molecular weight excluding hydrogens is 218 g/mol. The molecule has 5 nitrogen and oxygen atoms in total. The van der Waals surface area contributed by atoms with E-state index in [0.717, 1.165) is 18.8 Å². The number of aromatic amines is 1. The summed E-state index contributed by atoms with van der Waals surface area (Å²) in [5, 5.41) is 16.1. The number of aromatic nitrogens is 2. The van der Waals surface area contributed by atoms with Gasteiger partial charge in [0.15, 0.2) is 0 Å². The molecule has 2 N–H and O–H groups in total. The minimum atomic E-state index is -0.683. The highest BCUT2D eigenvalue weighted by molar-refractivity contribution is 5.72. The first kappa shape index (κ1) is 12.0. The van der Waals surface area contributed by atoms with Crippen molar-refractivity contribution in [2.24, 2.45) is 11.8 Å². The standard InChI is InChI=1S/C12H19N3O2/c1-8(2)7-10-9(12(16)17)4-6-15(10)11-3-5-13-14-11/h3,5,8-10H,4,6-7H2,1-2H3,(H,13,14)(H,16,17)/t9-,10+/m0/s1. The minimum Gasteiger partial charge on any atom is -0.481 e. The Balaban J connectivity index is 2.18. The van der Waals surface area contributed by atoms with E-state index in [9.17, 15) is 9.90 Å². The molecule has 1 saturated heterocycles. The third-order valence-electron chi connectivity index (χ3n) is 3.37. The summed E-state index contributed by atoms with van der Waals surface area (Å²) in [5.74, 6) is 0.475. The van der Waals surface area contributed by atoms with E-state index in [4.69, 9.17) is 0 Å². The van der Waals surface area contributed by atoms with Gasteiger partial charge in [-0.1, -0.05) is 13.8 Å². The molecule has 2 atom stereocenters. The predicted molar refractivity (Wildman–Crippen MR) is 64.9 cm³/mol. The molecule has 0 spiro atoms. The largest absolute Gasteiger partial charge is 0.481 e. The number of hydrogen-bond acceptors (Lipinski definition) is 3. The van der Waals surface area contributed by atoms with Crippen LogP contribution in [-0.2, 0) is 4.79 Å². The Labute approximate surface area is 101 Å². The summed E-state index contributed by atoms with van der Waals surface area (Å²) >= 11 is 0. The van der Waals surface area contributed by atoms with Crippen molar-refractivity contribution >= 4 is 11.8 Å². The maximum atomic E-state index is 11.3. The smallest absolute Gasteiger partial charge is 0.308 e. The lowest BCUT2D eigenvalue weighted by Gasteiger charge is -2.28. The van der Waals surface area contributed by atoms with Crippen LogP contribution in [0.2, 0.25) is 0 Å². The molecule has 17 heavy (non-hydrogen) atoms. The molecular formula is C12H19N3O2. The molecule has 0 bridgehead atoms. The highest BCUT2D eigenvalue weighted by atomic mass is 16.4. The van der Waals surface area contributed by atoms with Gasteiger partial charge in [-0.05, 0) is 18.8 Å². The van der Waals surface area contributed by atoms with Gasteiger partial charge < -0.3 is 10.0 Å². The van der Waals surface area contributed by atoms with E-state index in [-0.39, 0.29) is 12.0 Å². The predicted octanol–water partition coefficient (Wildman–Crippen LogP) is 1.74. The van der Waals surface area contributed by atoms with Crippen LogP contribution in [0.1, 0.15) is 26.7 Å². The van der Waals surface area contributed by atoms with Crippen LogP contribution in [0.3, 0.4) is 0 Å². The fraction of sp³-hybridized carbons (Fsp3) is 0.667. The average Bonchev–Trinajstić information content (AvgIpc) is 2.83. The number of nitrogens with one attached hydrogen (secondary N) is 1. The molecule has 0 unspecified atom stereocenters. The molecule has 1 aliphatic heterocycles. The number of carboxylic acids is 1. The molecule has 2 heterocycles. The van der Waals surface area contributed by atoms with E-state index < -0.39 is 5.97 Å². The van der Waals surface area contributed by atoms with Gasteiger partial charge in [-0.3, -0.25) is 9.89 Å². The Hall–Kier alpha value is -1.52. The number of hydrogen-bond donors (Lipinski definition) is 2. The maximum Gasteiger partial charge on any atom is 0.308 e. The number of anilines is 1. The molecule has 1 fully saturated rings. The third kappa shape index (κ3) is 2.43. The number of carboxylic acid groups (broad SMARTS) is 1. The highest BCUT2D eigenvalue weighted by Crippen LogP contribution is 2.32. The van der Waals surface area contributed by atoms with E-state index in [2.05, 4.69) is 28.9 Å². The second kappa shape index (κ2) is 4.77. The molecule has 2 rings (SSSR count). The molecule has 0 amide bonds. The van der Waals surface area contributed by atoms with Crippen molar-refractivity contribution in [3.05, 3.63) is 12.3 Å². The number of rotatable bonds is 4. The summed E-state index contributed by atoms with van der Waals surface area (Å²) in [6, 6.07) is 1.98. The monoisotopic (exact) mass is 237 g/mol. The Morgan fingerprint density at radius 1 is 1.71 bits per heavy atom.